The lowest BCUT2D eigenvalue weighted by Gasteiger charge is -2.27. The maximum atomic E-state index is 5.82. The fourth-order valence-electron chi connectivity index (χ4n) is 2.86. The van der Waals surface area contributed by atoms with Crippen molar-refractivity contribution in [1.29, 1.82) is 0 Å². The Balaban J connectivity index is 1.89. The molecule has 5 heteroatoms. The maximum Gasteiger partial charge on any atom is 0.158 e. The van der Waals surface area contributed by atoms with Crippen LogP contribution in [0.15, 0.2) is 6.07 Å². The van der Waals surface area contributed by atoms with Crippen LogP contribution in [0.1, 0.15) is 45.4 Å². The van der Waals surface area contributed by atoms with E-state index in [0.29, 0.717) is 24.9 Å². The summed E-state index contributed by atoms with van der Waals surface area (Å²) in [6, 6.07) is 1.79. The van der Waals surface area contributed by atoms with Crippen LogP contribution in [0.3, 0.4) is 0 Å². The first kappa shape index (κ1) is 15.0. The summed E-state index contributed by atoms with van der Waals surface area (Å²) in [4.78, 5) is 8.63. The third-order valence-electron chi connectivity index (χ3n) is 3.84. The Morgan fingerprint density at radius 1 is 1.40 bits per heavy atom. The van der Waals surface area contributed by atoms with Crippen LogP contribution < -0.4 is 11.1 Å². The van der Waals surface area contributed by atoms with Gasteiger partial charge in [-0.1, -0.05) is 19.8 Å². The average molecular weight is 278 g/mol. The molecular formula is C15H26N4O. The predicted octanol–water partition coefficient (Wildman–Crippen LogP) is 2.83. The van der Waals surface area contributed by atoms with Crippen LogP contribution >= 0.6 is 0 Å². The molecule has 1 aromatic rings. The number of anilines is 2. The third-order valence-corrected chi connectivity index (χ3v) is 3.84. The molecule has 1 aliphatic carbocycles. The van der Waals surface area contributed by atoms with Crippen LogP contribution in [0.2, 0.25) is 0 Å². The van der Waals surface area contributed by atoms with E-state index < -0.39 is 0 Å². The highest BCUT2D eigenvalue weighted by molar-refractivity contribution is 5.44. The van der Waals surface area contributed by atoms with Crippen molar-refractivity contribution >= 4 is 11.6 Å². The first-order chi connectivity index (χ1) is 9.67. The van der Waals surface area contributed by atoms with E-state index in [9.17, 15) is 0 Å². The number of rotatable bonds is 6. The number of hydrogen-bond acceptors (Lipinski definition) is 5. The highest BCUT2D eigenvalue weighted by Gasteiger charge is 2.18. The Bertz CT molecular complexity index is 424. The van der Waals surface area contributed by atoms with E-state index in [1.165, 1.54) is 25.7 Å². The second kappa shape index (κ2) is 7.43. The van der Waals surface area contributed by atoms with Crippen molar-refractivity contribution in [3.63, 3.8) is 0 Å². The van der Waals surface area contributed by atoms with Gasteiger partial charge in [0, 0.05) is 19.2 Å². The summed E-state index contributed by atoms with van der Waals surface area (Å²) in [5.41, 5.74) is 5.82. The zero-order valence-corrected chi connectivity index (χ0v) is 12.6. The summed E-state index contributed by atoms with van der Waals surface area (Å²) in [6.07, 6.45) is 5.33. The van der Waals surface area contributed by atoms with Gasteiger partial charge in [0.1, 0.15) is 18.2 Å². The summed E-state index contributed by atoms with van der Waals surface area (Å²) in [5, 5.41) is 3.41. The Kier molecular flexibility index (Phi) is 5.59. The molecule has 0 spiro atoms. The normalized spacial score (nSPS) is 22.7. The molecule has 5 nitrogen and oxygen atoms in total. The number of nitrogens with one attached hydrogen (secondary N) is 1. The first-order valence-electron chi connectivity index (χ1n) is 7.62. The molecule has 20 heavy (non-hydrogen) atoms. The smallest absolute Gasteiger partial charge is 0.158 e. The molecule has 0 aromatic carbocycles. The molecule has 1 fully saturated rings. The molecule has 0 amide bonds. The third kappa shape index (κ3) is 4.63. The predicted molar refractivity (Wildman–Crippen MR) is 81.4 cm³/mol. The Hall–Kier alpha value is -1.36. The second-order valence-electron chi connectivity index (χ2n) is 5.75. The van der Waals surface area contributed by atoms with Crippen LogP contribution in [0.4, 0.5) is 11.6 Å². The second-order valence-corrected chi connectivity index (χ2v) is 5.75. The molecule has 112 valence electrons. The largest absolute Gasteiger partial charge is 0.384 e. The van der Waals surface area contributed by atoms with Crippen molar-refractivity contribution in [2.75, 3.05) is 24.2 Å². The summed E-state index contributed by atoms with van der Waals surface area (Å²) in [5.74, 6) is 3.54. The first-order valence-corrected chi connectivity index (χ1v) is 7.62. The number of hydrogen-bond donors (Lipinski definition) is 2. The van der Waals surface area contributed by atoms with E-state index in [-0.39, 0.29) is 0 Å². The molecule has 0 bridgehead atoms. The van der Waals surface area contributed by atoms with Gasteiger partial charge in [-0.25, -0.2) is 9.97 Å². The fourth-order valence-corrected chi connectivity index (χ4v) is 2.86. The molecule has 0 aliphatic heterocycles. The number of ether oxygens (including phenoxy) is 1. The lowest BCUT2D eigenvalue weighted by Crippen LogP contribution is -2.21. The number of nitrogen functional groups attached to an aromatic ring is 1. The van der Waals surface area contributed by atoms with Crippen LogP contribution in [0.25, 0.3) is 0 Å². The monoisotopic (exact) mass is 278 g/mol. The van der Waals surface area contributed by atoms with Crippen LogP contribution in [0.5, 0.6) is 0 Å². The van der Waals surface area contributed by atoms with E-state index in [0.717, 1.165) is 24.2 Å². The minimum atomic E-state index is 0.413. The number of nitrogens with zero attached hydrogens (tertiary/aromatic N) is 2. The Morgan fingerprint density at radius 2 is 2.25 bits per heavy atom. The van der Waals surface area contributed by atoms with Crippen molar-refractivity contribution < 1.29 is 4.74 Å². The van der Waals surface area contributed by atoms with Crippen LogP contribution in [-0.2, 0) is 11.3 Å². The van der Waals surface area contributed by atoms with Gasteiger partial charge in [0.2, 0.25) is 0 Å². The molecule has 1 aromatic heterocycles. The van der Waals surface area contributed by atoms with E-state index >= 15 is 0 Å². The number of nitrogens with two attached hydrogens (primary N) is 1. The summed E-state index contributed by atoms with van der Waals surface area (Å²) < 4.78 is 5.33. The molecule has 0 radical (unpaired) electrons. The lowest BCUT2D eigenvalue weighted by atomic mass is 9.82. The van der Waals surface area contributed by atoms with E-state index in [1.807, 2.05) is 6.92 Å². The molecule has 2 unspecified atom stereocenters. The minimum Gasteiger partial charge on any atom is -0.384 e. The highest BCUT2D eigenvalue weighted by Crippen LogP contribution is 2.28. The molecule has 3 N–H and O–H groups in total. The Morgan fingerprint density at radius 3 is 3.00 bits per heavy atom. The van der Waals surface area contributed by atoms with Crippen LogP contribution in [0, 0.1) is 11.8 Å². The van der Waals surface area contributed by atoms with E-state index in [2.05, 4.69) is 22.2 Å². The maximum absolute atomic E-state index is 5.82. The van der Waals surface area contributed by atoms with Crippen molar-refractivity contribution in [2.45, 2.75) is 46.1 Å². The lowest BCUT2D eigenvalue weighted by molar-refractivity contribution is 0.128. The Labute approximate surface area is 121 Å². The zero-order chi connectivity index (χ0) is 14.4. The average Bonchev–Trinajstić information content (AvgIpc) is 2.42. The van der Waals surface area contributed by atoms with Gasteiger partial charge < -0.3 is 15.8 Å². The number of aromatic nitrogens is 2. The van der Waals surface area contributed by atoms with Crippen LogP contribution in [-0.4, -0.2) is 23.1 Å². The van der Waals surface area contributed by atoms with Crippen molar-refractivity contribution in [2.24, 2.45) is 11.8 Å². The molecule has 1 heterocycles. The molecule has 2 atom stereocenters. The van der Waals surface area contributed by atoms with Crippen molar-refractivity contribution in [3.8, 4) is 0 Å². The summed E-state index contributed by atoms with van der Waals surface area (Å²) in [6.45, 7) is 6.33. The van der Waals surface area contributed by atoms with Crippen molar-refractivity contribution in [1.82, 2.24) is 9.97 Å². The van der Waals surface area contributed by atoms with E-state index in [4.69, 9.17) is 10.5 Å². The highest BCUT2D eigenvalue weighted by atomic mass is 16.5. The van der Waals surface area contributed by atoms with Gasteiger partial charge in [-0.05, 0) is 31.6 Å². The molecule has 1 saturated carbocycles. The van der Waals surface area contributed by atoms with Gasteiger partial charge in [0.05, 0.1) is 0 Å². The van der Waals surface area contributed by atoms with Gasteiger partial charge in [0.25, 0.3) is 0 Å². The van der Waals surface area contributed by atoms with Gasteiger partial charge in [-0.3, -0.25) is 0 Å². The zero-order valence-electron chi connectivity index (χ0n) is 12.6. The SMILES string of the molecule is CCOCc1nc(N)cc(NCC2CCCC(C)C2)n1. The van der Waals surface area contributed by atoms with Gasteiger partial charge >= 0.3 is 0 Å². The standard InChI is InChI=1S/C15H26N4O/c1-3-20-10-15-18-13(16)8-14(19-15)17-9-12-6-4-5-11(2)7-12/h8,11-12H,3-7,9-10H2,1-2H3,(H3,16,17,18,19). The molecule has 2 rings (SSSR count). The summed E-state index contributed by atoms with van der Waals surface area (Å²) in [7, 11) is 0. The van der Waals surface area contributed by atoms with Gasteiger partial charge in [-0.15, -0.1) is 0 Å². The van der Waals surface area contributed by atoms with Gasteiger partial charge in [0.15, 0.2) is 5.82 Å². The molecule has 0 saturated heterocycles. The molecular weight excluding hydrogens is 252 g/mol. The van der Waals surface area contributed by atoms with E-state index in [1.54, 1.807) is 6.07 Å². The minimum absolute atomic E-state index is 0.413. The van der Waals surface area contributed by atoms with Gasteiger partial charge in [-0.2, -0.15) is 0 Å². The quantitative estimate of drug-likeness (QED) is 0.837. The van der Waals surface area contributed by atoms with Crippen molar-refractivity contribution in [3.05, 3.63) is 11.9 Å². The fraction of sp³-hybridized carbons (Fsp3) is 0.733. The topological polar surface area (TPSA) is 73.1 Å². The summed E-state index contributed by atoms with van der Waals surface area (Å²) >= 11 is 0. The molecule has 1 aliphatic rings.